The van der Waals surface area contributed by atoms with Crippen LogP contribution in [-0.2, 0) is 35.5 Å². The number of rotatable bonds is 16. The summed E-state index contributed by atoms with van der Waals surface area (Å²) in [7, 11) is 0. The highest BCUT2D eigenvalue weighted by Crippen LogP contribution is 2.48. The minimum Gasteiger partial charge on any atom is -0.492 e. The molecule has 6 aromatic rings. The van der Waals surface area contributed by atoms with Gasteiger partial charge >= 0.3 is 11.9 Å². The molecule has 2 aliphatic rings. The predicted octanol–water partition coefficient (Wildman–Crippen LogP) is 10.9. The lowest BCUT2D eigenvalue weighted by atomic mass is 9.99. The summed E-state index contributed by atoms with van der Waals surface area (Å²) in [6, 6.07) is 29.9. The molecular formula is C54H58N2O10. The fourth-order valence-electron chi connectivity index (χ4n) is 8.23. The van der Waals surface area contributed by atoms with Crippen LogP contribution in [0.25, 0.3) is 21.5 Å². The molecule has 2 heterocycles. The van der Waals surface area contributed by atoms with E-state index in [0.29, 0.717) is 89.0 Å². The highest BCUT2D eigenvalue weighted by molar-refractivity contribution is 6.18. The van der Waals surface area contributed by atoms with Gasteiger partial charge in [-0.05, 0) is 74.9 Å². The van der Waals surface area contributed by atoms with Crippen LogP contribution in [0.2, 0.25) is 0 Å². The summed E-state index contributed by atoms with van der Waals surface area (Å²) in [6.45, 7) is 17.9. The lowest BCUT2D eigenvalue weighted by Gasteiger charge is -2.20. The number of hydrogen-bond donors (Lipinski definition) is 2. The molecular weight excluding hydrogens is 837 g/mol. The van der Waals surface area contributed by atoms with Gasteiger partial charge in [0, 0.05) is 44.0 Å². The van der Waals surface area contributed by atoms with E-state index in [9.17, 15) is 19.2 Å². The summed E-state index contributed by atoms with van der Waals surface area (Å²) in [5.74, 6) is 1.20. The van der Waals surface area contributed by atoms with Gasteiger partial charge in [0.15, 0.2) is 0 Å². The van der Waals surface area contributed by atoms with Gasteiger partial charge < -0.3 is 39.0 Å². The topological polar surface area (TPSA) is 152 Å². The standard InChI is InChI=1S/2C27H29NO5/c1-16(2)15-32-26-21-8-6-5-7-20(21)25(33-17(3)4)22-14-28(27(31)24(22)26)19-11-9-18(10-12-19)13-23(29)30;1-16(2)15-32-25-20-7-5-6-8-21(20)26(33-17(3)4)24-22(25)14-28(27(24)31)19-11-9-18(10-12-19)13-23(29)30/h2*5-12,16-17H,13-15H2,1-4H3,(H,29,30). The van der Waals surface area contributed by atoms with Crippen molar-refractivity contribution in [3.8, 4) is 23.0 Å². The van der Waals surface area contributed by atoms with Crippen molar-refractivity contribution in [2.75, 3.05) is 23.0 Å². The molecule has 0 aliphatic carbocycles. The van der Waals surface area contributed by atoms with Gasteiger partial charge in [-0.3, -0.25) is 19.2 Å². The Hall–Kier alpha value is -7.08. The van der Waals surface area contributed by atoms with E-state index in [2.05, 4.69) is 27.7 Å². The molecule has 12 heteroatoms. The van der Waals surface area contributed by atoms with E-state index in [1.807, 2.05) is 76.2 Å². The summed E-state index contributed by atoms with van der Waals surface area (Å²) >= 11 is 0. The third kappa shape index (κ3) is 10.1. The molecule has 6 aromatic carbocycles. The third-order valence-corrected chi connectivity index (χ3v) is 11.0. The maximum atomic E-state index is 13.7. The first kappa shape index (κ1) is 46.9. The molecule has 2 amide bonds. The van der Waals surface area contributed by atoms with E-state index < -0.39 is 11.9 Å². The first-order valence-electron chi connectivity index (χ1n) is 22.5. The number of carbonyl (C=O) groups excluding carboxylic acids is 2. The van der Waals surface area contributed by atoms with E-state index in [4.69, 9.17) is 29.2 Å². The largest absolute Gasteiger partial charge is 0.492 e. The number of hydrogen-bond acceptors (Lipinski definition) is 8. The zero-order chi connectivity index (χ0) is 47.4. The molecule has 344 valence electrons. The number of carbonyl (C=O) groups is 4. The SMILES string of the molecule is CC(C)COc1c2c(c(OC(C)C)c3ccccc13)C(=O)N(c1ccc(CC(=O)O)cc1)C2.CC(C)COc1c2c(c(OC(C)C)c3ccccc13)CN(c1ccc(CC(=O)O)cc1)C2=O. The quantitative estimate of drug-likeness (QED) is 0.0960. The molecule has 2 aliphatic heterocycles. The Bertz CT molecular complexity index is 2720. The van der Waals surface area contributed by atoms with Crippen LogP contribution in [0.15, 0.2) is 97.1 Å². The predicted molar refractivity (Wildman–Crippen MR) is 257 cm³/mol. The van der Waals surface area contributed by atoms with Crippen LogP contribution in [0.3, 0.4) is 0 Å². The van der Waals surface area contributed by atoms with Crippen LogP contribution in [0, 0.1) is 11.8 Å². The maximum absolute atomic E-state index is 13.7. The molecule has 0 aromatic heterocycles. The second-order valence-electron chi connectivity index (χ2n) is 18.1. The van der Waals surface area contributed by atoms with Crippen LogP contribution >= 0.6 is 0 Å². The summed E-state index contributed by atoms with van der Waals surface area (Å²) in [6.07, 6.45) is -0.268. The van der Waals surface area contributed by atoms with Crippen LogP contribution in [0.1, 0.15) is 98.4 Å². The number of benzene rings is 6. The van der Waals surface area contributed by atoms with Gasteiger partial charge in [-0.15, -0.1) is 0 Å². The van der Waals surface area contributed by atoms with E-state index in [1.165, 1.54) is 0 Å². The summed E-state index contributed by atoms with van der Waals surface area (Å²) in [5, 5.41) is 21.6. The molecule has 12 nitrogen and oxygen atoms in total. The van der Waals surface area contributed by atoms with Crippen LogP contribution < -0.4 is 28.7 Å². The van der Waals surface area contributed by atoms with Crippen molar-refractivity contribution in [2.45, 2.75) is 93.5 Å². The number of nitrogens with zero attached hydrogens (tertiary/aromatic N) is 2. The third-order valence-electron chi connectivity index (χ3n) is 11.0. The van der Waals surface area contributed by atoms with Crippen LogP contribution in [-0.4, -0.2) is 59.4 Å². The molecule has 0 radical (unpaired) electrons. The average Bonchev–Trinajstić information content (AvgIpc) is 3.79. The van der Waals surface area contributed by atoms with Crippen molar-refractivity contribution in [3.63, 3.8) is 0 Å². The van der Waals surface area contributed by atoms with Crippen molar-refractivity contribution in [2.24, 2.45) is 11.8 Å². The monoisotopic (exact) mass is 894 g/mol. The fourth-order valence-corrected chi connectivity index (χ4v) is 8.23. The Labute approximate surface area is 385 Å². The smallest absolute Gasteiger partial charge is 0.307 e. The average molecular weight is 895 g/mol. The second-order valence-corrected chi connectivity index (χ2v) is 18.1. The van der Waals surface area contributed by atoms with Crippen molar-refractivity contribution in [1.82, 2.24) is 0 Å². The molecule has 0 atom stereocenters. The minimum absolute atomic E-state index is 0.0561. The van der Waals surface area contributed by atoms with Gasteiger partial charge in [0.25, 0.3) is 11.8 Å². The second kappa shape index (κ2) is 20.0. The molecule has 0 saturated heterocycles. The van der Waals surface area contributed by atoms with E-state index in [0.717, 1.165) is 38.4 Å². The highest BCUT2D eigenvalue weighted by atomic mass is 16.5. The summed E-state index contributed by atoms with van der Waals surface area (Å²) in [5.41, 5.74) is 5.51. The number of fused-ring (bicyclic) bond motifs is 4. The molecule has 8 rings (SSSR count). The molecule has 0 fully saturated rings. The van der Waals surface area contributed by atoms with Crippen molar-refractivity contribution < 1.29 is 48.3 Å². The van der Waals surface area contributed by atoms with Gasteiger partial charge in [0.05, 0.1) is 62.5 Å². The zero-order valence-corrected chi connectivity index (χ0v) is 38.8. The number of amides is 2. The van der Waals surface area contributed by atoms with Gasteiger partial charge in [0.1, 0.15) is 23.0 Å². The van der Waals surface area contributed by atoms with E-state index in [1.54, 1.807) is 58.3 Å². The lowest BCUT2D eigenvalue weighted by Crippen LogP contribution is -2.23. The molecule has 0 unspecified atom stereocenters. The maximum Gasteiger partial charge on any atom is 0.307 e. The highest BCUT2D eigenvalue weighted by Gasteiger charge is 2.39. The molecule has 2 N–H and O–H groups in total. The normalized spacial score (nSPS) is 13.2. The Kier molecular flexibility index (Phi) is 14.2. The van der Waals surface area contributed by atoms with Crippen LogP contribution in [0.5, 0.6) is 23.0 Å². The summed E-state index contributed by atoms with van der Waals surface area (Å²) in [4.78, 5) is 52.8. The minimum atomic E-state index is -0.887. The van der Waals surface area contributed by atoms with Crippen molar-refractivity contribution in [1.29, 1.82) is 0 Å². The van der Waals surface area contributed by atoms with Crippen LogP contribution in [0.4, 0.5) is 11.4 Å². The van der Waals surface area contributed by atoms with Crippen molar-refractivity contribution >= 4 is 56.7 Å². The lowest BCUT2D eigenvalue weighted by molar-refractivity contribution is -0.137. The Morgan fingerprint density at radius 2 is 0.848 bits per heavy atom. The Morgan fingerprint density at radius 3 is 1.26 bits per heavy atom. The molecule has 0 spiro atoms. The Balaban J connectivity index is 0.000000196. The number of aliphatic carboxylic acids is 2. The number of anilines is 2. The van der Waals surface area contributed by atoms with E-state index >= 15 is 0 Å². The van der Waals surface area contributed by atoms with Crippen molar-refractivity contribution in [3.05, 3.63) is 130 Å². The molecule has 66 heavy (non-hydrogen) atoms. The molecule has 0 saturated carbocycles. The van der Waals surface area contributed by atoms with Gasteiger partial charge in [-0.1, -0.05) is 100 Å². The summed E-state index contributed by atoms with van der Waals surface area (Å²) < 4.78 is 25.0. The number of carboxylic acids is 2. The molecule has 0 bridgehead atoms. The number of ether oxygens (including phenoxy) is 4. The van der Waals surface area contributed by atoms with Gasteiger partial charge in [0.2, 0.25) is 0 Å². The van der Waals surface area contributed by atoms with Gasteiger partial charge in [-0.2, -0.15) is 0 Å². The first-order chi connectivity index (χ1) is 31.5. The van der Waals surface area contributed by atoms with E-state index in [-0.39, 0.29) is 36.9 Å². The number of carboxylic acid groups (broad SMARTS) is 2. The Morgan fingerprint density at radius 1 is 0.500 bits per heavy atom. The van der Waals surface area contributed by atoms with Gasteiger partial charge in [-0.25, -0.2) is 0 Å². The fraction of sp³-hybridized carbons (Fsp3) is 0.333. The first-order valence-corrected chi connectivity index (χ1v) is 22.5. The zero-order valence-electron chi connectivity index (χ0n) is 38.8.